The van der Waals surface area contributed by atoms with Crippen LogP contribution in [0.1, 0.15) is 31.2 Å². The number of thiophene rings is 1. The molecule has 5 nitrogen and oxygen atoms in total. The molecule has 1 heterocycles. The van der Waals surface area contributed by atoms with Gasteiger partial charge in [-0.15, -0.1) is 11.3 Å². The molecular weight excluding hydrogens is 391 g/mol. The van der Waals surface area contributed by atoms with Crippen molar-refractivity contribution in [1.29, 1.82) is 0 Å². The molecule has 0 aliphatic heterocycles. The van der Waals surface area contributed by atoms with E-state index in [0.717, 1.165) is 16.9 Å². The molecule has 2 amide bonds. The monoisotopic (exact) mass is 412 g/mol. The zero-order chi connectivity index (χ0) is 21.0. The van der Waals surface area contributed by atoms with Crippen LogP contribution in [-0.2, 0) is 6.54 Å². The van der Waals surface area contributed by atoms with Gasteiger partial charge >= 0.3 is 0 Å². The molecule has 3 rings (SSSR count). The van der Waals surface area contributed by atoms with Crippen LogP contribution >= 0.6 is 11.3 Å². The molecule has 1 aromatic heterocycles. The van der Waals surface area contributed by atoms with Crippen LogP contribution in [0.5, 0.6) is 5.75 Å². The fraction of sp³-hybridized carbons (Fsp3) is 0.182. The van der Waals surface area contributed by atoms with Crippen LogP contribution in [0.15, 0.2) is 54.6 Å². The van der Waals surface area contributed by atoms with Gasteiger partial charge in [0.25, 0.3) is 11.8 Å². The number of amides is 2. The summed E-state index contributed by atoms with van der Waals surface area (Å²) in [7, 11) is 3.33. The first-order chi connectivity index (χ1) is 13.9. The number of rotatable bonds is 6. The lowest BCUT2D eigenvalue weighted by atomic mass is 10.2. The number of carbonyl (C=O) groups is 2. The van der Waals surface area contributed by atoms with Crippen molar-refractivity contribution in [2.24, 2.45) is 0 Å². The van der Waals surface area contributed by atoms with E-state index in [1.807, 2.05) is 31.2 Å². The molecule has 0 fully saturated rings. The number of aryl methyl sites for hydroxylation is 1. The Morgan fingerprint density at radius 1 is 1.14 bits per heavy atom. The third-order valence-electron chi connectivity index (χ3n) is 4.34. The first-order valence-electron chi connectivity index (χ1n) is 8.93. The van der Waals surface area contributed by atoms with E-state index in [0.29, 0.717) is 16.4 Å². The molecule has 0 atom stereocenters. The maximum absolute atomic E-state index is 13.3. The van der Waals surface area contributed by atoms with E-state index in [4.69, 9.17) is 4.74 Å². The van der Waals surface area contributed by atoms with Gasteiger partial charge in [0, 0.05) is 19.2 Å². The van der Waals surface area contributed by atoms with Crippen LogP contribution < -0.4 is 10.1 Å². The number of nitrogens with zero attached hydrogens (tertiary/aromatic N) is 1. The highest BCUT2D eigenvalue weighted by Crippen LogP contribution is 2.28. The lowest BCUT2D eigenvalue weighted by molar-refractivity contribution is 0.0789. The number of benzene rings is 2. The van der Waals surface area contributed by atoms with Crippen molar-refractivity contribution in [3.8, 4) is 5.75 Å². The quantitative estimate of drug-likeness (QED) is 0.637. The SMILES string of the molecule is COc1cccc(CN(C)C(=O)c2sc(NC(=O)c3cccc(F)c3)cc2C)c1. The molecule has 2 aromatic carbocycles. The summed E-state index contributed by atoms with van der Waals surface area (Å²) in [4.78, 5) is 27.4. The molecule has 0 unspecified atom stereocenters. The maximum atomic E-state index is 13.3. The van der Waals surface area contributed by atoms with Crippen molar-refractivity contribution in [2.45, 2.75) is 13.5 Å². The second-order valence-electron chi connectivity index (χ2n) is 6.60. The molecule has 3 aromatic rings. The number of nitrogens with one attached hydrogen (secondary N) is 1. The van der Waals surface area contributed by atoms with Gasteiger partial charge in [0.1, 0.15) is 11.6 Å². The van der Waals surface area contributed by atoms with Gasteiger partial charge in [-0.3, -0.25) is 9.59 Å². The summed E-state index contributed by atoms with van der Waals surface area (Å²) in [6.07, 6.45) is 0. The van der Waals surface area contributed by atoms with Crippen molar-refractivity contribution < 1.29 is 18.7 Å². The third-order valence-corrected chi connectivity index (χ3v) is 5.48. The number of methoxy groups -OCH3 is 1. The Morgan fingerprint density at radius 3 is 2.62 bits per heavy atom. The first-order valence-corrected chi connectivity index (χ1v) is 9.75. The van der Waals surface area contributed by atoms with Crippen LogP contribution in [0.25, 0.3) is 0 Å². The number of hydrogen-bond donors (Lipinski definition) is 1. The fourth-order valence-corrected chi connectivity index (χ4v) is 3.92. The molecule has 0 aliphatic carbocycles. The number of hydrogen-bond acceptors (Lipinski definition) is 4. The number of carbonyl (C=O) groups excluding carboxylic acids is 2. The molecule has 0 spiro atoms. The minimum Gasteiger partial charge on any atom is -0.497 e. The molecule has 0 aliphatic rings. The van der Waals surface area contributed by atoms with E-state index in [1.165, 1.54) is 35.6 Å². The molecule has 29 heavy (non-hydrogen) atoms. The maximum Gasteiger partial charge on any atom is 0.264 e. The average molecular weight is 412 g/mol. The molecule has 0 saturated carbocycles. The van der Waals surface area contributed by atoms with Crippen molar-refractivity contribution >= 4 is 28.2 Å². The second kappa shape index (κ2) is 8.87. The topological polar surface area (TPSA) is 58.6 Å². The van der Waals surface area contributed by atoms with Crippen LogP contribution in [0.3, 0.4) is 0 Å². The largest absolute Gasteiger partial charge is 0.497 e. The molecule has 0 radical (unpaired) electrons. The molecule has 7 heteroatoms. The number of ether oxygens (including phenoxy) is 1. The van der Waals surface area contributed by atoms with E-state index in [-0.39, 0.29) is 11.5 Å². The standard InChI is InChI=1S/C22H21FN2O3S/c1-14-10-19(24-21(26)16-7-5-8-17(23)12-16)29-20(14)22(27)25(2)13-15-6-4-9-18(11-15)28-3/h4-12H,13H2,1-3H3,(H,24,26). The lowest BCUT2D eigenvalue weighted by Crippen LogP contribution is -2.25. The van der Waals surface area contributed by atoms with Gasteiger partial charge in [-0.05, 0) is 54.4 Å². The van der Waals surface area contributed by atoms with Gasteiger partial charge in [0.2, 0.25) is 0 Å². The van der Waals surface area contributed by atoms with Gasteiger partial charge < -0.3 is 15.0 Å². The van der Waals surface area contributed by atoms with E-state index in [9.17, 15) is 14.0 Å². The normalized spacial score (nSPS) is 10.5. The Labute approximate surface area is 172 Å². The smallest absolute Gasteiger partial charge is 0.264 e. The molecule has 150 valence electrons. The summed E-state index contributed by atoms with van der Waals surface area (Å²) in [6.45, 7) is 2.25. The van der Waals surface area contributed by atoms with Gasteiger partial charge in [0.05, 0.1) is 17.0 Å². The number of anilines is 1. The highest BCUT2D eigenvalue weighted by Gasteiger charge is 2.19. The minimum atomic E-state index is -0.477. The van der Waals surface area contributed by atoms with E-state index in [2.05, 4.69) is 5.32 Å². The van der Waals surface area contributed by atoms with Gasteiger partial charge in [-0.25, -0.2) is 4.39 Å². The second-order valence-corrected chi connectivity index (χ2v) is 7.65. The molecule has 0 saturated heterocycles. The summed E-state index contributed by atoms with van der Waals surface area (Å²) < 4.78 is 18.5. The zero-order valence-corrected chi connectivity index (χ0v) is 17.2. The van der Waals surface area contributed by atoms with Crippen LogP contribution in [0.2, 0.25) is 0 Å². The van der Waals surface area contributed by atoms with Crippen molar-refractivity contribution in [3.63, 3.8) is 0 Å². The summed E-state index contributed by atoms with van der Waals surface area (Å²) in [6, 6.07) is 14.7. The zero-order valence-electron chi connectivity index (χ0n) is 16.4. The molecule has 0 bridgehead atoms. The predicted molar refractivity (Wildman–Crippen MR) is 112 cm³/mol. The Morgan fingerprint density at radius 2 is 1.90 bits per heavy atom. The van der Waals surface area contributed by atoms with Crippen molar-refractivity contribution in [1.82, 2.24) is 4.90 Å². The van der Waals surface area contributed by atoms with E-state index >= 15 is 0 Å². The Hall–Kier alpha value is -3.19. The summed E-state index contributed by atoms with van der Waals surface area (Å²) in [5.41, 5.74) is 1.94. The molecule has 1 N–H and O–H groups in total. The minimum absolute atomic E-state index is 0.137. The average Bonchev–Trinajstić information content (AvgIpc) is 3.07. The Bertz CT molecular complexity index is 1050. The summed E-state index contributed by atoms with van der Waals surface area (Å²) >= 11 is 1.20. The summed E-state index contributed by atoms with van der Waals surface area (Å²) in [5, 5.41) is 3.27. The molecular formula is C22H21FN2O3S. The first kappa shape index (κ1) is 20.5. The highest BCUT2D eigenvalue weighted by atomic mass is 32.1. The lowest BCUT2D eigenvalue weighted by Gasteiger charge is -2.17. The summed E-state index contributed by atoms with van der Waals surface area (Å²) in [5.74, 6) is -0.302. The predicted octanol–water partition coefficient (Wildman–Crippen LogP) is 4.73. The Kier molecular flexibility index (Phi) is 6.29. The van der Waals surface area contributed by atoms with Crippen LogP contribution in [-0.4, -0.2) is 30.9 Å². The number of halogens is 1. The Balaban J connectivity index is 1.71. The fourth-order valence-electron chi connectivity index (χ4n) is 2.86. The van der Waals surface area contributed by atoms with E-state index < -0.39 is 11.7 Å². The van der Waals surface area contributed by atoms with E-state index in [1.54, 1.807) is 25.1 Å². The van der Waals surface area contributed by atoms with Crippen molar-refractivity contribution in [2.75, 3.05) is 19.5 Å². The highest BCUT2D eigenvalue weighted by molar-refractivity contribution is 7.18. The third kappa shape index (κ3) is 5.00. The van der Waals surface area contributed by atoms with Gasteiger partial charge in [-0.2, -0.15) is 0 Å². The van der Waals surface area contributed by atoms with Crippen LogP contribution in [0, 0.1) is 12.7 Å². The van der Waals surface area contributed by atoms with Crippen LogP contribution in [0.4, 0.5) is 9.39 Å². The van der Waals surface area contributed by atoms with Gasteiger partial charge in [0.15, 0.2) is 0 Å². The van der Waals surface area contributed by atoms with Crippen molar-refractivity contribution in [3.05, 3.63) is 82.0 Å². The van der Waals surface area contributed by atoms with Gasteiger partial charge in [-0.1, -0.05) is 18.2 Å².